The standard InChI is InChI=1S/C30H34ClF2N3O4/c1-3-29(28(37)38)8-10-36(11-9-29)24-14-30(40-34-24)16-35(17-30)15-19-12-22(18-4-5-18)25(26(31)27(19)39-2)21-7-6-20(32)13-23(21)33/h6-7,12-13,18H,3-5,8-11,14-17H2,1-2H3,(H,37,38). The molecule has 0 unspecified atom stereocenters. The maximum Gasteiger partial charge on any atom is 0.309 e. The SMILES string of the molecule is CCC1(C(=O)O)CCN(C2=NOC3(C2)CN(Cc2cc(C4CC4)c(-c4ccc(F)cc4F)c(Cl)c2OC)C3)CC1. The van der Waals surface area contributed by atoms with Crippen LogP contribution in [0, 0.1) is 17.0 Å². The van der Waals surface area contributed by atoms with Crippen LogP contribution in [0.2, 0.25) is 5.02 Å². The number of benzene rings is 2. The molecule has 0 aromatic heterocycles. The van der Waals surface area contributed by atoms with Crippen molar-refractivity contribution in [2.24, 2.45) is 10.6 Å². The van der Waals surface area contributed by atoms with Gasteiger partial charge in [-0.25, -0.2) is 8.78 Å². The van der Waals surface area contributed by atoms with Crippen molar-refractivity contribution in [1.29, 1.82) is 0 Å². The van der Waals surface area contributed by atoms with Gasteiger partial charge in [-0.1, -0.05) is 23.7 Å². The molecular weight excluding hydrogens is 540 g/mol. The second-order valence-corrected chi connectivity index (χ2v) is 12.2. The highest BCUT2D eigenvalue weighted by atomic mass is 35.5. The van der Waals surface area contributed by atoms with Gasteiger partial charge in [0.1, 0.15) is 23.2 Å². The van der Waals surface area contributed by atoms with Gasteiger partial charge in [-0.2, -0.15) is 0 Å². The van der Waals surface area contributed by atoms with Crippen molar-refractivity contribution in [2.75, 3.05) is 33.3 Å². The number of carboxylic acid groups (broad SMARTS) is 1. The van der Waals surface area contributed by atoms with Crippen LogP contribution < -0.4 is 4.74 Å². The monoisotopic (exact) mass is 573 g/mol. The second kappa shape index (κ2) is 10.2. The number of methoxy groups -OCH3 is 1. The topological polar surface area (TPSA) is 74.6 Å². The van der Waals surface area contributed by atoms with Crippen molar-refractivity contribution in [3.05, 3.63) is 52.0 Å². The number of likely N-dealkylation sites (tertiary alicyclic amines) is 2. The number of halogens is 3. The summed E-state index contributed by atoms with van der Waals surface area (Å²) in [5.74, 6) is -0.290. The number of carbonyl (C=O) groups is 1. The van der Waals surface area contributed by atoms with Gasteiger partial charge in [-0.05, 0) is 61.8 Å². The molecule has 3 fully saturated rings. The molecule has 4 aliphatic rings. The molecule has 6 rings (SSSR count). The number of aliphatic carboxylic acids is 1. The number of piperidine rings is 1. The van der Waals surface area contributed by atoms with Crippen LogP contribution in [0.3, 0.4) is 0 Å². The molecule has 0 radical (unpaired) electrons. The Bertz CT molecular complexity index is 1370. The largest absolute Gasteiger partial charge is 0.495 e. The molecule has 0 atom stereocenters. The van der Waals surface area contributed by atoms with Gasteiger partial charge in [0.05, 0.1) is 24.0 Å². The Hall–Kier alpha value is -2.91. The molecule has 1 aliphatic carbocycles. The normalized spacial score (nSPS) is 21.6. The first-order chi connectivity index (χ1) is 19.2. The van der Waals surface area contributed by atoms with Crippen LogP contribution in [0.5, 0.6) is 5.75 Å². The third-order valence-electron chi connectivity index (χ3n) is 9.21. The summed E-state index contributed by atoms with van der Waals surface area (Å²) in [5, 5.41) is 14.5. The highest BCUT2D eigenvalue weighted by Crippen LogP contribution is 2.51. The van der Waals surface area contributed by atoms with Gasteiger partial charge < -0.3 is 19.6 Å². The minimum atomic E-state index is -0.707. The summed E-state index contributed by atoms with van der Waals surface area (Å²) in [5.41, 5.74) is 1.74. The summed E-state index contributed by atoms with van der Waals surface area (Å²) in [6.07, 6.45) is 4.55. The van der Waals surface area contributed by atoms with E-state index in [1.807, 2.05) is 6.92 Å². The molecular formula is C30H34ClF2N3O4. The number of nitrogens with zero attached hydrogens (tertiary/aromatic N) is 3. The van der Waals surface area contributed by atoms with Crippen LogP contribution in [0.15, 0.2) is 29.4 Å². The summed E-state index contributed by atoms with van der Waals surface area (Å²) >= 11 is 6.87. The lowest BCUT2D eigenvalue weighted by Gasteiger charge is -2.46. The van der Waals surface area contributed by atoms with Crippen molar-refractivity contribution >= 4 is 23.4 Å². The fraction of sp³-hybridized carbons (Fsp3) is 0.533. The average Bonchev–Trinajstić information content (AvgIpc) is 3.67. The Morgan fingerprint density at radius 2 is 1.95 bits per heavy atom. The van der Waals surface area contributed by atoms with Crippen molar-refractivity contribution < 1.29 is 28.3 Å². The molecule has 214 valence electrons. The maximum absolute atomic E-state index is 14.8. The Balaban J connectivity index is 1.15. The first-order valence-electron chi connectivity index (χ1n) is 14.0. The van der Waals surface area contributed by atoms with Gasteiger partial charge >= 0.3 is 5.97 Å². The molecule has 2 aromatic carbocycles. The molecule has 1 spiro atoms. The van der Waals surface area contributed by atoms with Gasteiger partial charge in [0.25, 0.3) is 0 Å². The van der Waals surface area contributed by atoms with E-state index in [0.717, 1.165) is 35.9 Å². The predicted octanol–water partition coefficient (Wildman–Crippen LogP) is 6.04. The van der Waals surface area contributed by atoms with E-state index in [-0.39, 0.29) is 17.1 Å². The minimum Gasteiger partial charge on any atom is -0.495 e. The van der Waals surface area contributed by atoms with Gasteiger partial charge in [-0.3, -0.25) is 9.69 Å². The molecule has 1 saturated carbocycles. The zero-order valence-electron chi connectivity index (χ0n) is 22.8. The Kier molecular flexibility index (Phi) is 6.94. The van der Waals surface area contributed by atoms with Gasteiger partial charge in [0.15, 0.2) is 5.60 Å². The fourth-order valence-electron chi connectivity index (χ4n) is 6.60. The van der Waals surface area contributed by atoms with Crippen molar-refractivity contribution in [3.8, 4) is 16.9 Å². The Morgan fingerprint density at radius 1 is 1.23 bits per heavy atom. The van der Waals surface area contributed by atoms with E-state index in [2.05, 4.69) is 21.0 Å². The quantitative estimate of drug-likeness (QED) is 0.435. The lowest BCUT2D eigenvalue weighted by atomic mass is 9.76. The zero-order valence-corrected chi connectivity index (χ0v) is 23.6. The fourth-order valence-corrected chi connectivity index (χ4v) is 7.01. The molecule has 10 heteroatoms. The second-order valence-electron chi connectivity index (χ2n) is 11.8. The van der Waals surface area contributed by atoms with Crippen LogP contribution in [0.4, 0.5) is 8.78 Å². The van der Waals surface area contributed by atoms with Crippen molar-refractivity contribution in [1.82, 2.24) is 9.80 Å². The molecule has 2 saturated heterocycles. The number of carboxylic acids is 1. The summed E-state index contributed by atoms with van der Waals surface area (Å²) in [4.78, 5) is 22.2. The molecule has 3 heterocycles. The molecule has 40 heavy (non-hydrogen) atoms. The van der Waals surface area contributed by atoms with Crippen LogP contribution in [0.1, 0.15) is 62.5 Å². The Labute approximate surface area is 237 Å². The van der Waals surface area contributed by atoms with Crippen LogP contribution in [-0.4, -0.2) is 65.6 Å². The average molecular weight is 574 g/mol. The molecule has 7 nitrogen and oxygen atoms in total. The summed E-state index contributed by atoms with van der Waals surface area (Å²) in [6.45, 7) is 5.26. The van der Waals surface area contributed by atoms with E-state index >= 15 is 0 Å². The predicted molar refractivity (Wildman–Crippen MR) is 148 cm³/mol. The molecule has 2 aromatic rings. The zero-order chi connectivity index (χ0) is 28.2. The summed E-state index contributed by atoms with van der Waals surface area (Å²) in [6, 6.07) is 5.65. The van der Waals surface area contributed by atoms with E-state index < -0.39 is 23.0 Å². The first-order valence-corrected chi connectivity index (χ1v) is 14.4. The lowest BCUT2D eigenvalue weighted by molar-refractivity contribution is -0.151. The molecule has 1 N–H and O–H groups in total. The molecule has 3 aliphatic heterocycles. The maximum atomic E-state index is 14.8. The third-order valence-corrected chi connectivity index (χ3v) is 9.57. The third kappa shape index (κ3) is 4.71. The molecule has 0 amide bonds. The van der Waals surface area contributed by atoms with E-state index in [1.165, 1.54) is 12.1 Å². The van der Waals surface area contributed by atoms with Crippen molar-refractivity contribution in [3.63, 3.8) is 0 Å². The van der Waals surface area contributed by atoms with E-state index in [0.29, 0.717) is 74.7 Å². The number of ether oxygens (including phenoxy) is 1. The first kappa shape index (κ1) is 27.3. The van der Waals surface area contributed by atoms with E-state index in [1.54, 1.807) is 7.11 Å². The Morgan fingerprint density at radius 3 is 2.55 bits per heavy atom. The smallest absolute Gasteiger partial charge is 0.309 e. The summed E-state index contributed by atoms with van der Waals surface area (Å²) in [7, 11) is 1.56. The van der Waals surface area contributed by atoms with Gasteiger partial charge in [-0.15, -0.1) is 0 Å². The minimum absolute atomic E-state index is 0.280. The lowest BCUT2D eigenvalue weighted by Crippen LogP contribution is -2.61. The summed E-state index contributed by atoms with van der Waals surface area (Å²) < 4.78 is 34.2. The van der Waals surface area contributed by atoms with Crippen molar-refractivity contribution in [2.45, 2.75) is 63.5 Å². The highest BCUT2D eigenvalue weighted by molar-refractivity contribution is 6.35. The highest BCUT2D eigenvalue weighted by Gasteiger charge is 2.51. The number of amidine groups is 1. The van der Waals surface area contributed by atoms with Gasteiger partial charge in [0, 0.05) is 55.5 Å². The van der Waals surface area contributed by atoms with Crippen LogP contribution >= 0.6 is 11.6 Å². The van der Waals surface area contributed by atoms with Crippen LogP contribution in [0.25, 0.3) is 11.1 Å². The number of hydrogen-bond donors (Lipinski definition) is 1. The van der Waals surface area contributed by atoms with E-state index in [9.17, 15) is 18.7 Å². The van der Waals surface area contributed by atoms with E-state index in [4.69, 9.17) is 21.2 Å². The number of oxime groups is 1. The number of hydrogen-bond acceptors (Lipinski definition) is 6. The van der Waals surface area contributed by atoms with Gasteiger partial charge in [0.2, 0.25) is 0 Å². The molecule has 0 bridgehead atoms. The van der Waals surface area contributed by atoms with Crippen LogP contribution in [-0.2, 0) is 16.2 Å². The number of rotatable bonds is 7.